The van der Waals surface area contributed by atoms with Crippen molar-refractivity contribution >= 4 is 22.3 Å². The molecule has 0 atom stereocenters. The molecule has 0 amide bonds. The van der Waals surface area contributed by atoms with Crippen LogP contribution in [-0.4, -0.2) is 54.6 Å². The van der Waals surface area contributed by atoms with Gasteiger partial charge in [0.1, 0.15) is 17.0 Å². The minimum absolute atomic E-state index is 0.386. The van der Waals surface area contributed by atoms with Gasteiger partial charge in [-0.25, -0.2) is 9.78 Å². The molecule has 7 heteroatoms. The molecule has 7 nitrogen and oxygen atoms in total. The number of anilines is 1. The van der Waals surface area contributed by atoms with E-state index in [4.69, 9.17) is 9.15 Å². The Hall–Kier alpha value is -3.32. The number of fused-ring (bicyclic) bond motifs is 2. The molecule has 0 aliphatic carbocycles. The van der Waals surface area contributed by atoms with Gasteiger partial charge in [-0.2, -0.15) is 0 Å². The first-order valence-electron chi connectivity index (χ1n) is 9.65. The first kappa shape index (κ1) is 17.8. The van der Waals surface area contributed by atoms with Crippen LogP contribution in [0.2, 0.25) is 0 Å². The Balaban J connectivity index is 1.53. The highest BCUT2D eigenvalue weighted by Crippen LogP contribution is 2.26. The Bertz CT molecular complexity index is 1250. The van der Waals surface area contributed by atoms with Crippen molar-refractivity contribution in [2.45, 2.75) is 0 Å². The second-order valence-corrected chi connectivity index (χ2v) is 7.42. The SMILES string of the molecule is COc1ccn2cc(-c3cc4ccc(N5CCN(C)CC5)cc4oc3=O)nc2c1. The lowest BCUT2D eigenvalue weighted by Gasteiger charge is -2.34. The number of rotatable bonds is 3. The molecule has 0 unspecified atom stereocenters. The summed E-state index contributed by atoms with van der Waals surface area (Å²) in [5, 5.41) is 0.882. The van der Waals surface area contributed by atoms with Gasteiger partial charge >= 0.3 is 5.63 Å². The number of benzene rings is 1. The number of ether oxygens (including phenoxy) is 1. The van der Waals surface area contributed by atoms with Crippen molar-refractivity contribution in [3.05, 3.63) is 59.2 Å². The third-order valence-corrected chi connectivity index (χ3v) is 5.53. The number of nitrogens with zero attached hydrogens (tertiary/aromatic N) is 4. The minimum Gasteiger partial charge on any atom is -0.497 e. The van der Waals surface area contributed by atoms with Gasteiger partial charge in [-0.05, 0) is 31.3 Å². The summed E-state index contributed by atoms with van der Waals surface area (Å²) in [5.41, 5.74) is 3.04. The van der Waals surface area contributed by atoms with Gasteiger partial charge in [0.2, 0.25) is 0 Å². The number of pyridine rings is 1. The van der Waals surface area contributed by atoms with Crippen molar-refractivity contribution in [1.29, 1.82) is 0 Å². The highest BCUT2D eigenvalue weighted by molar-refractivity contribution is 5.84. The number of methoxy groups -OCH3 is 1. The third-order valence-electron chi connectivity index (χ3n) is 5.53. The van der Waals surface area contributed by atoms with E-state index in [1.54, 1.807) is 7.11 Å². The molecular formula is C22H22N4O3. The number of hydrogen-bond acceptors (Lipinski definition) is 6. The van der Waals surface area contributed by atoms with Gasteiger partial charge in [0.05, 0.1) is 18.4 Å². The molecule has 0 saturated carbocycles. The van der Waals surface area contributed by atoms with Gasteiger partial charge in [-0.3, -0.25) is 0 Å². The summed E-state index contributed by atoms with van der Waals surface area (Å²) in [7, 11) is 3.75. The summed E-state index contributed by atoms with van der Waals surface area (Å²) in [5.74, 6) is 0.719. The standard InChI is InChI=1S/C22H22N4O3/c1-24-7-9-25(10-8-24)16-4-3-15-11-18(22(27)29-20(15)12-16)19-14-26-6-5-17(28-2)13-21(26)23-19/h3-6,11-14H,7-10H2,1-2H3. The van der Waals surface area contributed by atoms with Crippen LogP contribution in [-0.2, 0) is 0 Å². The van der Waals surface area contributed by atoms with E-state index in [0.29, 0.717) is 22.5 Å². The average Bonchev–Trinajstić information content (AvgIpc) is 3.16. The Morgan fingerprint density at radius 3 is 2.69 bits per heavy atom. The zero-order valence-electron chi connectivity index (χ0n) is 16.5. The van der Waals surface area contributed by atoms with Crippen molar-refractivity contribution < 1.29 is 9.15 Å². The Morgan fingerprint density at radius 1 is 1.07 bits per heavy atom. The summed E-state index contributed by atoms with van der Waals surface area (Å²) in [6, 6.07) is 11.6. The molecule has 4 heterocycles. The molecule has 1 saturated heterocycles. The van der Waals surface area contributed by atoms with Crippen LogP contribution in [0, 0.1) is 0 Å². The second kappa shape index (κ2) is 6.93. The molecule has 0 spiro atoms. The van der Waals surface area contributed by atoms with Gasteiger partial charge in [-0.1, -0.05) is 0 Å². The summed E-state index contributed by atoms with van der Waals surface area (Å²) >= 11 is 0. The predicted molar refractivity (Wildman–Crippen MR) is 113 cm³/mol. The topological polar surface area (TPSA) is 63.2 Å². The van der Waals surface area contributed by atoms with Gasteiger partial charge in [-0.15, -0.1) is 0 Å². The van der Waals surface area contributed by atoms with E-state index in [9.17, 15) is 4.79 Å². The molecular weight excluding hydrogens is 368 g/mol. The van der Waals surface area contributed by atoms with E-state index in [2.05, 4.69) is 27.9 Å². The van der Waals surface area contributed by atoms with Crippen molar-refractivity contribution in [3.8, 4) is 17.0 Å². The van der Waals surface area contributed by atoms with Crippen LogP contribution >= 0.6 is 0 Å². The maximum atomic E-state index is 12.7. The fraction of sp³-hybridized carbons (Fsp3) is 0.273. The lowest BCUT2D eigenvalue weighted by atomic mass is 10.1. The van der Waals surface area contributed by atoms with Crippen LogP contribution in [0.5, 0.6) is 5.75 Å². The van der Waals surface area contributed by atoms with Crippen LogP contribution < -0.4 is 15.3 Å². The van der Waals surface area contributed by atoms with Crippen LogP contribution in [0.25, 0.3) is 27.9 Å². The number of aromatic nitrogens is 2. The maximum absolute atomic E-state index is 12.7. The fourth-order valence-electron chi connectivity index (χ4n) is 3.76. The second-order valence-electron chi connectivity index (χ2n) is 7.42. The lowest BCUT2D eigenvalue weighted by molar-refractivity contribution is 0.313. The predicted octanol–water partition coefficient (Wildman–Crippen LogP) is 2.87. The van der Waals surface area contributed by atoms with Crippen molar-refractivity contribution in [1.82, 2.24) is 14.3 Å². The first-order valence-corrected chi connectivity index (χ1v) is 9.65. The summed E-state index contributed by atoms with van der Waals surface area (Å²) in [4.78, 5) is 21.9. The van der Waals surface area contributed by atoms with Crippen LogP contribution in [0.15, 0.2) is 58.0 Å². The number of imidazole rings is 1. The minimum atomic E-state index is -0.386. The Kier molecular flexibility index (Phi) is 4.24. The van der Waals surface area contributed by atoms with Crippen molar-refractivity contribution in [2.75, 3.05) is 45.2 Å². The van der Waals surface area contributed by atoms with E-state index >= 15 is 0 Å². The molecule has 1 aliphatic rings. The maximum Gasteiger partial charge on any atom is 0.345 e. The third kappa shape index (κ3) is 3.23. The molecule has 0 radical (unpaired) electrons. The highest BCUT2D eigenvalue weighted by atomic mass is 16.5. The number of likely N-dealkylation sites (N-methyl/N-ethyl adjacent to an activating group) is 1. The molecule has 148 valence electrons. The van der Waals surface area contributed by atoms with E-state index in [-0.39, 0.29) is 5.63 Å². The first-order chi connectivity index (χ1) is 14.1. The lowest BCUT2D eigenvalue weighted by Crippen LogP contribution is -2.44. The van der Waals surface area contributed by atoms with Gasteiger partial charge < -0.3 is 23.4 Å². The van der Waals surface area contributed by atoms with E-state index < -0.39 is 0 Å². The molecule has 3 aromatic heterocycles. The molecule has 0 bridgehead atoms. The van der Waals surface area contributed by atoms with Crippen molar-refractivity contribution in [2.24, 2.45) is 0 Å². The summed E-state index contributed by atoms with van der Waals surface area (Å²) in [6.07, 6.45) is 3.68. The quantitative estimate of drug-likeness (QED) is 0.501. The molecule has 29 heavy (non-hydrogen) atoms. The van der Waals surface area contributed by atoms with E-state index in [1.165, 1.54) is 0 Å². The smallest absolute Gasteiger partial charge is 0.345 e. The normalized spacial score (nSPS) is 15.3. The highest BCUT2D eigenvalue weighted by Gasteiger charge is 2.16. The molecule has 5 rings (SSSR count). The molecule has 1 aliphatic heterocycles. The van der Waals surface area contributed by atoms with Gasteiger partial charge in [0.25, 0.3) is 0 Å². The Labute approximate surface area is 167 Å². The van der Waals surface area contributed by atoms with Gasteiger partial charge in [0, 0.05) is 61.8 Å². The molecule has 4 aromatic rings. The molecule has 1 fully saturated rings. The zero-order chi connectivity index (χ0) is 20.0. The van der Waals surface area contributed by atoms with Gasteiger partial charge in [0.15, 0.2) is 0 Å². The van der Waals surface area contributed by atoms with Crippen LogP contribution in [0.1, 0.15) is 0 Å². The van der Waals surface area contributed by atoms with E-state index in [1.807, 2.05) is 47.1 Å². The van der Waals surface area contributed by atoms with Crippen molar-refractivity contribution in [3.63, 3.8) is 0 Å². The number of piperazine rings is 1. The largest absolute Gasteiger partial charge is 0.497 e. The zero-order valence-corrected chi connectivity index (χ0v) is 16.5. The Morgan fingerprint density at radius 2 is 1.90 bits per heavy atom. The molecule has 0 N–H and O–H groups in total. The number of hydrogen-bond donors (Lipinski definition) is 0. The van der Waals surface area contributed by atoms with Crippen LogP contribution in [0.4, 0.5) is 5.69 Å². The summed E-state index contributed by atoms with van der Waals surface area (Å²) < 4.78 is 12.8. The fourth-order valence-corrected chi connectivity index (χ4v) is 3.76. The monoisotopic (exact) mass is 390 g/mol. The summed E-state index contributed by atoms with van der Waals surface area (Å²) in [6.45, 7) is 3.99. The average molecular weight is 390 g/mol. The van der Waals surface area contributed by atoms with Crippen LogP contribution in [0.3, 0.4) is 0 Å². The molecule has 1 aromatic carbocycles. The van der Waals surface area contributed by atoms with E-state index in [0.717, 1.165) is 43.0 Å².